The first-order valence-electron chi connectivity index (χ1n) is 8.15. The van der Waals surface area contributed by atoms with Gasteiger partial charge in [-0.3, -0.25) is 9.44 Å². The molecule has 0 aromatic heterocycles. The van der Waals surface area contributed by atoms with Gasteiger partial charge in [-0.2, -0.15) is 0 Å². The second kappa shape index (κ2) is 7.61. The summed E-state index contributed by atoms with van der Waals surface area (Å²) < 4.78 is 68.7. The number of aryl methyl sites for hydroxylation is 1. The van der Waals surface area contributed by atoms with E-state index in [1.807, 2.05) is 0 Å². The molecule has 3 rings (SSSR count). The smallest absolute Gasteiger partial charge is 0.262 e. The first kappa shape index (κ1) is 19.8. The van der Waals surface area contributed by atoms with Crippen LogP contribution in [0.4, 0.5) is 15.8 Å². The standard InChI is InChI=1S/C19H17FN2O4S2/c1-14-11-12-15(21-27(23,24)16-7-3-2-4-8-16)13-19(14)28(25,26)22-18-10-6-5-9-17(18)20/h2-13,21-22H,1H3. The van der Waals surface area contributed by atoms with Gasteiger partial charge in [0.15, 0.2) is 0 Å². The summed E-state index contributed by atoms with van der Waals surface area (Å²) in [4.78, 5) is -0.117. The molecule has 6 nitrogen and oxygen atoms in total. The maximum atomic E-state index is 13.8. The molecule has 0 aliphatic rings. The molecule has 0 amide bonds. The van der Waals surface area contributed by atoms with Crippen molar-refractivity contribution in [2.24, 2.45) is 0 Å². The van der Waals surface area contributed by atoms with Gasteiger partial charge < -0.3 is 0 Å². The van der Waals surface area contributed by atoms with E-state index in [1.165, 1.54) is 48.5 Å². The first-order valence-corrected chi connectivity index (χ1v) is 11.1. The Morgan fingerprint density at radius 3 is 2.07 bits per heavy atom. The molecule has 0 spiro atoms. The lowest BCUT2D eigenvalue weighted by Crippen LogP contribution is -2.17. The molecule has 3 aromatic carbocycles. The first-order chi connectivity index (χ1) is 13.2. The van der Waals surface area contributed by atoms with Crippen LogP contribution in [0.15, 0.2) is 82.6 Å². The fourth-order valence-electron chi connectivity index (χ4n) is 2.51. The minimum absolute atomic E-state index is 0.0458. The average molecular weight is 420 g/mol. The normalized spacial score (nSPS) is 11.8. The molecular formula is C19H17FN2O4S2. The number of hydrogen-bond acceptors (Lipinski definition) is 4. The fourth-order valence-corrected chi connectivity index (χ4v) is 4.92. The molecule has 0 fully saturated rings. The van der Waals surface area contributed by atoms with Crippen LogP contribution < -0.4 is 9.44 Å². The Morgan fingerprint density at radius 2 is 1.39 bits per heavy atom. The van der Waals surface area contributed by atoms with Crippen LogP contribution in [-0.4, -0.2) is 16.8 Å². The number of sulfonamides is 2. The lowest BCUT2D eigenvalue weighted by atomic mass is 10.2. The third-order valence-corrected chi connectivity index (χ3v) is 6.81. The van der Waals surface area contributed by atoms with Crippen molar-refractivity contribution in [3.8, 4) is 0 Å². The van der Waals surface area contributed by atoms with Crippen LogP contribution in [0.2, 0.25) is 0 Å². The molecule has 0 heterocycles. The number of nitrogens with one attached hydrogen (secondary N) is 2. The highest BCUT2D eigenvalue weighted by Crippen LogP contribution is 2.25. The number of hydrogen-bond donors (Lipinski definition) is 2. The van der Waals surface area contributed by atoms with Crippen molar-refractivity contribution in [1.29, 1.82) is 0 Å². The molecule has 146 valence electrons. The van der Waals surface area contributed by atoms with Gasteiger partial charge in [0.25, 0.3) is 20.0 Å². The Hall–Kier alpha value is -2.91. The van der Waals surface area contributed by atoms with E-state index in [2.05, 4.69) is 9.44 Å². The molecule has 0 aliphatic carbocycles. The van der Waals surface area contributed by atoms with E-state index in [0.717, 1.165) is 6.07 Å². The monoisotopic (exact) mass is 420 g/mol. The van der Waals surface area contributed by atoms with E-state index < -0.39 is 25.9 Å². The van der Waals surface area contributed by atoms with Crippen molar-refractivity contribution in [2.75, 3.05) is 9.44 Å². The zero-order chi connectivity index (χ0) is 20.4. The largest absolute Gasteiger partial charge is 0.280 e. The lowest BCUT2D eigenvalue weighted by Gasteiger charge is -2.14. The average Bonchev–Trinajstić information content (AvgIpc) is 2.65. The second-order valence-electron chi connectivity index (χ2n) is 5.98. The van der Waals surface area contributed by atoms with Crippen molar-refractivity contribution in [1.82, 2.24) is 0 Å². The van der Waals surface area contributed by atoms with Crippen LogP contribution in [0.1, 0.15) is 5.56 Å². The molecule has 0 unspecified atom stereocenters. The number of rotatable bonds is 6. The minimum Gasteiger partial charge on any atom is -0.280 e. The van der Waals surface area contributed by atoms with Gasteiger partial charge in [-0.15, -0.1) is 0 Å². The topological polar surface area (TPSA) is 92.3 Å². The van der Waals surface area contributed by atoms with Gasteiger partial charge >= 0.3 is 0 Å². The summed E-state index contributed by atoms with van der Waals surface area (Å²) in [5, 5.41) is 0. The zero-order valence-electron chi connectivity index (χ0n) is 14.8. The summed E-state index contributed by atoms with van der Waals surface area (Å²) in [7, 11) is -8.01. The van der Waals surface area contributed by atoms with Crippen molar-refractivity contribution < 1.29 is 21.2 Å². The van der Waals surface area contributed by atoms with Gasteiger partial charge in [-0.1, -0.05) is 36.4 Å². The van der Waals surface area contributed by atoms with E-state index >= 15 is 0 Å². The second-order valence-corrected chi connectivity index (χ2v) is 9.32. The van der Waals surface area contributed by atoms with E-state index in [-0.39, 0.29) is 21.2 Å². The maximum Gasteiger partial charge on any atom is 0.262 e. The Morgan fingerprint density at radius 1 is 0.750 bits per heavy atom. The molecular weight excluding hydrogens is 403 g/mol. The molecule has 3 aromatic rings. The highest BCUT2D eigenvalue weighted by atomic mass is 32.2. The number of anilines is 2. The summed E-state index contributed by atoms with van der Waals surface area (Å²) in [5.41, 5.74) is 0.257. The van der Waals surface area contributed by atoms with Gasteiger partial charge in [0.1, 0.15) is 5.82 Å². The van der Waals surface area contributed by atoms with Crippen LogP contribution in [-0.2, 0) is 20.0 Å². The lowest BCUT2D eigenvalue weighted by molar-refractivity contribution is 0.597. The predicted octanol–water partition coefficient (Wildman–Crippen LogP) is 3.74. The summed E-state index contributed by atoms with van der Waals surface area (Å²) in [5.74, 6) is -0.718. The third kappa shape index (κ3) is 4.32. The van der Waals surface area contributed by atoms with E-state index in [1.54, 1.807) is 25.1 Å². The van der Waals surface area contributed by atoms with Crippen molar-refractivity contribution in [3.05, 3.63) is 84.2 Å². The van der Waals surface area contributed by atoms with Gasteiger partial charge in [-0.25, -0.2) is 21.2 Å². The van der Waals surface area contributed by atoms with E-state index in [0.29, 0.717) is 5.56 Å². The van der Waals surface area contributed by atoms with E-state index in [9.17, 15) is 21.2 Å². The zero-order valence-corrected chi connectivity index (χ0v) is 16.4. The highest BCUT2D eigenvalue weighted by molar-refractivity contribution is 7.93. The fraction of sp³-hybridized carbons (Fsp3) is 0.0526. The summed E-state index contributed by atoms with van der Waals surface area (Å²) in [6, 6.07) is 17.2. The molecule has 0 atom stereocenters. The van der Waals surface area contributed by atoms with E-state index in [4.69, 9.17) is 0 Å². The Bertz CT molecular complexity index is 1210. The Kier molecular flexibility index (Phi) is 5.39. The van der Waals surface area contributed by atoms with Gasteiger partial charge in [0.2, 0.25) is 0 Å². The molecule has 0 bridgehead atoms. The summed E-state index contributed by atoms with van der Waals surface area (Å²) in [6.45, 7) is 1.56. The van der Waals surface area contributed by atoms with Crippen LogP contribution in [0.5, 0.6) is 0 Å². The molecule has 9 heteroatoms. The third-order valence-electron chi connectivity index (χ3n) is 3.90. The Balaban J connectivity index is 1.94. The predicted molar refractivity (Wildman–Crippen MR) is 106 cm³/mol. The molecule has 0 saturated heterocycles. The van der Waals surface area contributed by atoms with Crippen molar-refractivity contribution >= 4 is 31.4 Å². The van der Waals surface area contributed by atoms with Crippen molar-refractivity contribution in [3.63, 3.8) is 0 Å². The van der Waals surface area contributed by atoms with Crippen molar-refractivity contribution in [2.45, 2.75) is 16.7 Å². The number of benzene rings is 3. The molecule has 28 heavy (non-hydrogen) atoms. The molecule has 0 saturated carbocycles. The van der Waals surface area contributed by atoms with Crippen LogP contribution in [0.3, 0.4) is 0 Å². The Labute approximate surface area is 163 Å². The maximum absolute atomic E-state index is 13.8. The van der Waals surface area contributed by atoms with Crippen LogP contribution in [0.25, 0.3) is 0 Å². The molecule has 2 N–H and O–H groups in total. The van der Waals surface area contributed by atoms with Gasteiger partial charge in [0.05, 0.1) is 21.2 Å². The van der Waals surface area contributed by atoms with Crippen LogP contribution in [0, 0.1) is 12.7 Å². The molecule has 0 aliphatic heterocycles. The quantitative estimate of drug-likeness (QED) is 0.635. The van der Waals surface area contributed by atoms with Gasteiger partial charge in [0, 0.05) is 0 Å². The SMILES string of the molecule is Cc1ccc(NS(=O)(=O)c2ccccc2)cc1S(=O)(=O)Nc1ccccc1F. The number of halogens is 1. The van der Waals surface area contributed by atoms with Crippen LogP contribution >= 0.6 is 0 Å². The summed E-state index contributed by atoms with van der Waals surface area (Å²) in [6.07, 6.45) is 0. The summed E-state index contributed by atoms with van der Waals surface area (Å²) >= 11 is 0. The minimum atomic E-state index is -4.13. The highest BCUT2D eigenvalue weighted by Gasteiger charge is 2.21. The number of para-hydroxylation sites is 1. The van der Waals surface area contributed by atoms with Gasteiger partial charge in [-0.05, 0) is 48.9 Å². The molecule has 0 radical (unpaired) electrons.